The molecule has 0 radical (unpaired) electrons. The molecule has 86 valence electrons. The van der Waals surface area contributed by atoms with Gasteiger partial charge in [-0.1, -0.05) is 59.3 Å². The zero-order valence-corrected chi connectivity index (χ0v) is 9.80. The van der Waals surface area contributed by atoms with Gasteiger partial charge >= 0.3 is 0 Å². The van der Waals surface area contributed by atoms with E-state index in [1.165, 1.54) is 22.9 Å². The van der Waals surface area contributed by atoms with Gasteiger partial charge in [-0.3, -0.25) is 0 Å². The summed E-state index contributed by atoms with van der Waals surface area (Å²) in [5.74, 6) is 0. The van der Waals surface area contributed by atoms with Gasteiger partial charge in [0.15, 0.2) is 0 Å². The quantitative estimate of drug-likeness (QED) is 0.484. The Kier molecular flexibility index (Phi) is 3.55. The molecule has 0 bridgehead atoms. The maximum Gasteiger partial charge on any atom is 0.0733 e. The van der Waals surface area contributed by atoms with Gasteiger partial charge in [0.05, 0.1) is 6.21 Å². The number of rotatable bonds is 3. The Morgan fingerprint density at radius 3 is 2.00 bits per heavy atom. The Balaban J connectivity index is 2.11. The zero-order chi connectivity index (χ0) is 12.1. The van der Waals surface area contributed by atoms with Gasteiger partial charge < -0.3 is 5.21 Å². The number of benzene rings is 2. The largest absolute Gasteiger partial charge is 0.411 e. The van der Waals surface area contributed by atoms with Crippen molar-refractivity contribution in [1.29, 1.82) is 0 Å². The summed E-state index contributed by atoms with van der Waals surface area (Å²) in [5.41, 5.74) is 4.74. The Bertz CT molecular complexity index is 497. The first-order valence-electron chi connectivity index (χ1n) is 5.60. The van der Waals surface area contributed by atoms with Crippen LogP contribution in [0.3, 0.4) is 0 Å². The summed E-state index contributed by atoms with van der Waals surface area (Å²) in [6, 6.07) is 16.6. The summed E-state index contributed by atoms with van der Waals surface area (Å²) in [5, 5.41) is 11.4. The third kappa shape index (κ3) is 3.18. The van der Waals surface area contributed by atoms with Crippen LogP contribution < -0.4 is 0 Å². The van der Waals surface area contributed by atoms with E-state index in [0.717, 1.165) is 12.0 Å². The Morgan fingerprint density at radius 2 is 1.47 bits per heavy atom. The van der Waals surface area contributed by atoms with Crippen LogP contribution in [0, 0.1) is 6.92 Å². The van der Waals surface area contributed by atoms with Crippen molar-refractivity contribution in [3.05, 3.63) is 70.8 Å². The van der Waals surface area contributed by atoms with Gasteiger partial charge in [0.2, 0.25) is 0 Å². The minimum atomic E-state index is 0.903. The molecular weight excluding hydrogens is 210 g/mol. The SMILES string of the molecule is Cc1ccc(Cc2ccc(C=NO)cc2)cc1. The normalized spacial score (nSPS) is 10.9. The lowest BCUT2D eigenvalue weighted by Gasteiger charge is -2.03. The van der Waals surface area contributed by atoms with Crippen molar-refractivity contribution in [3.63, 3.8) is 0 Å². The molecule has 0 atom stereocenters. The highest BCUT2D eigenvalue weighted by atomic mass is 16.4. The lowest BCUT2D eigenvalue weighted by atomic mass is 10.0. The standard InChI is InChI=1S/C15H15NO/c1-12-2-4-13(5-3-12)10-14-6-8-15(9-7-14)11-16-17/h2-9,11,17H,10H2,1H3. The third-order valence-electron chi connectivity index (χ3n) is 2.72. The van der Waals surface area contributed by atoms with Crippen LogP contribution in [-0.4, -0.2) is 11.4 Å². The lowest BCUT2D eigenvalue weighted by molar-refractivity contribution is 0.322. The fourth-order valence-corrected chi connectivity index (χ4v) is 1.73. The molecule has 2 rings (SSSR count). The van der Waals surface area contributed by atoms with Crippen LogP contribution in [-0.2, 0) is 6.42 Å². The van der Waals surface area contributed by atoms with Crippen molar-refractivity contribution >= 4 is 6.21 Å². The van der Waals surface area contributed by atoms with Crippen LogP contribution in [0.5, 0.6) is 0 Å². The maximum absolute atomic E-state index is 8.42. The van der Waals surface area contributed by atoms with E-state index in [1.807, 2.05) is 12.1 Å². The molecule has 0 unspecified atom stereocenters. The highest BCUT2D eigenvalue weighted by Gasteiger charge is 1.96. The topological polar surface area (TPSA) is 32.6 Å². The first kappa shape index (κ1) is 11.4. The van der Waals surface area contributed by atoms with Crippen molar-refractivity contribution < 1.29 is 5.21 Å². The summed E-state index contributed by atoms with van der Waals surface area (Å²) in [7, 11) is 0. The second kappa shape index (κ2) is 5.30. The lowest BCUT2D eigenvalue weighted by Crippen LogP contribution is -1.89. The van der Waals surface area contributed by atoms with Crippen LogP contribution in [0.4, 0.5) is 0 Å². The van der Waals surface area contributed by atoms with Gasteiger partial charge in [-0.05, 0) is 30.0 Å². The van der Waals surface area contributed by atoms with E-state index in [2.05, 4.69) is 48.5 Å². The van der Waals surface area contributed by atoms with E-state index in [9.17, 15) is 0 Å². The molecule has 0 saturated heterocycles. The summed E-state index contributed by atoms with van der Waals surface area (Å²) in [6.07, 6.45) is 2.35. The summed E-state index contributed by atoms with van der Waals surface area (Å²) < 4.78 is 0. The van der Waals surface area contributed by atoms with Gasteiger partial charge in [-0.15, -0.1) is 0 Å². The third-order valence-corrected chi connectivity index (χ3v) is 2.72. The summed E-state index contributed by atoms with van der Waals surface area (Å²) in [6.45, 7) is 2.09. The first-order chi connectivity index (χ1) is 8.28. The maximum atomic E-state index is 8.42. The molecular formula is C15H15NO. The Morgan fingerprint density at radius 1 is 0.941 bits per heavy atom. The number of nitrogens with zero attached hydrogens (tertiary/aromatic N) is 1. The predicted molar refractivity (Wildman–Crippen MR) is 69.8 cm³/mol. The molecule has 0 fully saturated rings. The molecule has 0 aromatic heterocycles. The molecule has 2 nitrogen and oxygen atoms in total. The van der Waals surface area contributed by atoms with E-state index >= 15 is 0 Å². The molecule has 0 amide bonds. The van der Waals surface area contributed by atoms with Gasteiger partial charge in [-0.2, -0.15) is 0 Å². The van der Waals surface area contributed by atoms with Crippen LogP contribution in [0.25, 0.3) is 0 Å². The van der Waals surface area contributed by atoms with E-state index < -0.39 is 0 Å². The molecule has 0 aliphatic rings. The second-order valence-electron chi connectivity index (χ2n) is 4.15. The molecule has 0 aliphatic heterocycles. The van der Waals surface area contributed by atoms with E-state index in [0.29, 0.717) is 0 Å². The van der Waals surface area contributed by atoms with Crippen molar-refractivity contribution in [1.82, 2.24) is 0 Å². The monoisotopic (exact) mass is 225 g/mol. The average Bonchev–Trinajstić information content (AvgIpc) is 2.35. The van der Waals surface area contributed by atoms with E-state index in [1.54, 1.807) is 0 Å². The molecule has 0 spiro atoms. The summed E-state index contributed by atoms with van der Waals surface area (Å²) >= 11 is 0. The van der Waals surface area contributed by atoms with Crippen molar-refractivity contribution in [2.24, 2.45) is 5.16 Å². The van der Waals surface area contributed by atoms with Crippen molar-refractivity contribution in [2.45, 2.75) is 13.3 Å². The minimum Gasteiger partial charge on any atom is -0.411 e. The minimum absolute atomic E-state index is 0.903. The molecule has 0 heterocycles. The molecule has 2 aromatic carbocycles. The second-order valence-corrected chi connectivity index (χ2v) is 4.15. The highest BCUT2D eigenvalue weighted by molar-refractivity contribution is 5.78. The predicted octanol–water partition coefficient (Wildman–Crippen LogP) is 3.39. The van der Waals surface area contributed by atoms with E-state index in [-0.39, 0.29) is 0 Å². The van der Waals surface area contributed by atoms with Crippen LogP contribution in [0.1, 0.15) is 22.3 Å². The van der Waals surface area contributed by atoms with Gasteiger partial charge in [0.25, 0.3) is 0 Å². The van der Waals surface area contributed by atoms with Crippen molar-refractivity contribution in [3.8, 4) is 0 Å². The van der Waals surface area contributed by atoms with Gasteiger partial charge in [0.1, 0.15) is 0 Å². The van der Waals surface area contributed by atoms with Crippen LogP contribution >= 0.6 is 0 Å². The average molecular weight is 225 g/mol. The number of hydrogen-bond acceptors (Lipinski definition) is 2. The Hall–Kier alpha value is -2.09. The molecule has 1 N–H and O–H groups in total. The number of oxime groups is 1. The molecule has 0 aliphatic carbocycles. The fourth-order valence-electron chi connectivity index (χ4n) is 1.73. The fraction of sp³-hybridized carbons (Fsp3) is 0.133. The Labute approximate surface area is 101 Å². The highest BCUT2D eigenvalue weighted by Crippen LogP contribution is 2.11. The molecule has 2 heteroatoms. The zero-order valence-electron chi connectivity index (χ0n) is 9.80. The number of aryl methyl sites for hydroxylation is 1. The smallest absolute Gasteiger partial charge is 0.0733 e. The van der Waals surface area contributed by atoms with Gasteiger partial charge in [0, 0.05) is 0 Å². The van der Waals surface area contributed by atoms with Gasteiger partial charge in [-0.25, -0.2) is 0 Å². The molecule has 0 saturated carbocycles. The molecule has 2 aromatic rings. The molecule has 17 heavy (non-hydrogen) atoms. The van der Waals surface area contributed by atoms with Crippen LogP contribution in [0.15, 0.2) is 53.7 Å². The summed E-state index contributed by atoms with van der Waals surface area (Å²) in [4.78, 5) is 0. The first-order valence-corrected chi connectivity index (χ1v) is 5.60. The van der Waals surface area contributed by atoms with E-state index in [4.69, 9.17) is 5.21 Å². The number of hydrogen-bond donors (Lipinski definition) is 1. The van der Waals surface area contributed by atoms with Crippen LogP contribution in [0.2, 0.25) is 0 Å². The van der Waals surface area contributed by atoms with Crippen molar-refractivity contribution in [2.75, 3.05) is 0 Å².